The van der Waals surface area contributed by atoms with E-state index in [-0.39, 0.29) is 41.6 Å². The van der Waals surface area contributed by atoms with E-state index in [1.807, 2.05) is 0 Å². The third-order valence-electron chi connectivity index (χ3n) is 3.47. The molecule has 122 valence electrons. The highest BCUT2D eigenvalue weighted by atomic mass is 35.5. The van der Waals surface area contributed by atoms with Crippen molar-refractivity contribution in [1.29, 1.82) is 0 Å². The van der Waals surface area contributed by atoms with Gasteiger partial charge in [-0.3, -0.25) is 9.59 Å². The first-order chi connectivity index (χ1) is 9.86. The number of hydrogen-bond acceptors (Lipinski definition) is 3. The average molecular weight is 334 g/mol. The number of halogens is 3. The van der Waals surface area contributed by atoms with Crippen molar-refractivity contribution in [1.82, 2.24) is 0 Å². The number of carbonyl (C=O) groups is 2. The monoisotopic (exact) mass is 333 g/mol. The number of amides is 2. The molecule has 5 nitrogen and oxygen atoms in total. The molecule has 1 fully saturated rings. The summed E-state index contributed by atoms with van der Waals surface area (Å²) < 4.78 is 26.6. The Labute approximate surface area is 133 Å². The van der Waals surface area contributed by atoms with E-state index in [2.05, 4.69) is 10.6 Å². The first-order valence-electron chi connectivity index (χ1n) is 6.70. The van der Waals surface area contributed by atoms with E-state index < -0.39 is 17.5 Å². The van der Waals surface area contributed by atoms with Gasteiger partial charge in [0.2, 0.25) is 11.8 Å². The normalized spacial score (nSPS) is 20.2. The van der Waals surface area contributed by atoms with Crippen LogP contribution in [0.3, 0.4) is 0 Å². The van der Waals surface area contributed by atoms with Gasteiger partial charge in [0.15, 0.2) is 11.6 Å². The summed E-state index contributed by atoms with van der Waals surface area (Å²) in [5.74, 6) is -3.19. The van der Waals surface area contributed by atoms with E-state index in [0.29, 0.717) is 12.8 Å². The smallest absolute Gasteiger partial charge is 0.227 e. The van der Waals surface area contributed by atoms with Crippen LogP contribution < -0.4 is 16.4 Å². The molecular formula is C14H18ClF2N3O2. The molecule has 1 aliphatic rings. The summed E-state index contributed by atoms with van der Waals surface area (Å²) in [6.45, 7) is 1.24. The number of nitrogens with two attached hydrogens (primary N) is 1. The van der Waals surface area contributed by atoms with E-state index in [1.165, 1.54) is 6.92 Å². The SMILES string of the molecule is CC(=O)Nc1cc(F)c(F)cc1NC(=O)C1CCC(N)C1.Cl. The molecule has 0 saturated heterocycles. The summed E-state index contributed by atoms with van der Waals surface area (Å²) in [5.41, 5.74) is 5.81. The number of benzene rings is 1. The third-order valence-corrected chi connectivity index (χ3v) is 3.47. The lowest BCUT2D eigenvalue weighted by atomic mass is 10.1. The maximum atomic E-state index is 13.3. The molecule has 1 aromatic carbocycles. The fourth-order valence-electron chi connectivity index (χ4n) is 2.43. The standard InChI is InChI=1S/C14H17F2N3O2.ClH/c1-7(20)18-12-5-10(15)11(16)6-13(12)19-14(21)8-2-3-9(17)4-8;/h5-6,8-9H,2-4,17H2,1H3,(H,18,20)(H,19,21);1H. The number of hydrogen-bond donors (Lipinski definition) is 3. The lowest BCUT2D eigenvalue weighted by Gasteiger charge is -2.15. The van der Waals surface area contributed by atoms with Crippen LogP contribution in [0.5, 0.6) is 0 Å². The predicted molar refractivity (Wildman–Crippen MR) is 81.9 cm³/mol. The molecule has 0 heterocycles. The van der Waals surface area contributed by atoms with Crippen LogP contribution in [0.4, 0.5) is 20.2 Å². The largest absolute Gasteiger partial charge is 0.328 e. The van der Waals surface area contributed by atoms with E-state index >= 15 is 0 Å². The van der Waals surface area contributed by atoms with Crippen molar-refractivity contribution < 1.29 is 18.4 Å². The van der Waals surface area contributed by atoms with E-state index in [4.69, 9.17) is 5.73 Å². The van der Waals surface area contributed by atoms with E-state index in [0.717, 1.165) is 18.6 Å². The van der Waals surface area contributed by atoms with Crippen LogP contribution in [0.1, 0.15) is 26.2 Å². The molecule has 8 heteroatoms. The fraction of sp³-hybridized carbons (Fsp3) is 0.429. The van der Waals surface area contributed by atoms with Crippen molar-refractivity contribution in [3.8, 4) is 0 Å². The second kappa shape index (κ2) is 7.51. The van der Waals surface area contributed by atoms with Crippen molar-refractivity contribution in [2.24, 2.45) is 11.7 Å². The van der Waals surface area contributed by atoms with Gasteiger partial charge in [-0.05, 0) is 19.3 Å². The lowest BCUT2D eigenvalue weighted by molar-refractivity contribution is -0.119. The number of rotatable bonds is 3. The number of carbonyl (C=O) groups excluding carboxylic acids is 2. The highest BCUT2D eigenvalue weighted by molar-refractivity contribution is 5.99. The molecule has 0 bridgehead atoms. The van der Waals surface area contributed by atoms with E-state index in [9.17, 15) is 18.4 Å². The summed E-state index contributed by atoms with van der Waals surface area (Å²) in [6, 6.07) is 1.68. The van der Waals surface area contributed by atoms with Crippen LogP contribution in [0.2, 0.25) is 0 Å². The Hall–Kier alpha value is -1.73. The molecule has 1 aliphatic carbocycles. The molecule has 2 unspecified atom stereocenters. The second-order valence-corrected chi connectivity index (χ2v) is 5.25. The van der Waals surface area contributed by atoms with Gasteiger partial charge in [0, 0.05) is 31.0 Å². The van der Waals surface area contributed by atoms with Crippen molar-refractivity contribution >= 4 is 35.6 Å². The highest BCUT2D eigenvalue weighted by Crippen LogP contribution is 2.29. The number of nitrogens with one attached hydrogen (secondary N) is 2. The number of anilines is 2. The summed E-state index contributed by atoms with van der Waals surface area (Å²) in [5, 5.41) is 4.89. The highest BCUT2D eigenvalue weighted by Gasteiger charge is 2.28. The van der Waals surface area contributed by atoms with Gasteiger partial charge in [-0.25, -0.2) is 8.78 Å². The summed E-state index contributed by atoms with van der Waals surface area (Å²) in [6.07, 6.45) is 1.98. The second-order valence-electron chi connectivity index (χ2n) is 5.25. The molecule has 1 saturated carbocycles. The molecule has 0 radical (unpaired) electrons. The zero-order valence-electron chi connectivity index (χ0n) is 12.0. The van der Waals surface area contributed by atoms with Crippen molar-refractivity contribution in [2.45, 2.75) is 32.2 Å². The van der Waals surface area contributed by atoms with Crippen LogP contribution >= 0.6 is 12.4 Å². The van der Waals surface area contributed by atoms with Crippen LogP contribution in [0.25, 0.3) is 0 Å². The topological polar surface area (TPSA) is 84.2 Å². The molecule has 4 N–H and O–H groups in total. The molecule has 0 spiro atoms. The van der Waals surface area contributed by atoms with Gasteiger partial charge in [0.05, 0.1) is 11.4 Å². The summed E-state index contributed by atoms with van der Waals surface area (Å²) in [7, 11) is 0. The molecule has 0 aromatic heterocycles. The average Bonchev–Trinajstić information content (AvgIpc) is 2.81. The van der Waals surface area contributed by atoms with Gasteiger partial charge in [-0.15, -0.1) is 12.4 Å². The molecule has 2 amide bonds. The molecule has 22 heavy (non-hydrogen) atoms. The van der Waals surface area contributed by atoms with Gasteiger partial charge in [-0.1, -0.05) is 0 Å². The van der Waals surface area contributed by atoms with Gasteiger partial charge in [-0.2, -0.15) is 0 Å². The molecular weight excluding hydrogens is 316 g/mol. The van der Waals surface area contributed by atoms with Crippen molar-refractivity contribution in [3.63, 3.8) is 0 Å². The quantitative estimate of drug-likeness (QED) is 0.794. The minimum absolute atomic E-state index is 0. The summed E-state index contributed by atoms with van der Waals surface area (Å²) in [4.78, 5) is 23.2. The Kier molecular flexibility index (Phi) is 6.25. The van der Waals surface area contributed by atoms with Gasteiger partial charge in [0.25, 0.3) is 0 Å². The molecule has 2 atom stereocenters. The van der Waals surface area contributed by atoms with Crippen LogP contribution in [-0.4, -0.2) is 17.9 Å². The van der Waals surface area contributed by atoms with E-state index in [1.54, 1.807) is 0 Å². The molecule has 1 aromatic rings. The Morgan fingerprint density at radius 3 is 2.14 bits per heavy atom. The Balaban J connectivity index is 0.00000242. The Morgan fingerprint density at radius 2 is 1.68 bits per heavy atom. The maximum absolute atomic E-state index is 13.3. The van der Waals surface area contributed by atoms with Crippen LogP contribution in [-0.2, 0) is 9.59 Å². The minimum Gasteiger partial charge on any atom is -0.328 e. The third kappa shape index (κ3) is 4.38. The fourth-order valence-corrected chi connectivity index (χ4v) is 2.43. The molecule has 2 rings (SSSR count). The Bertz CT molecular complexity index is 583. The summed E-state index contributed by atoms with van der Waals surface area (Å²) >= 11 is 0. The first-order valence-corrected chi connectivity index (χ1v) is 6.70. The molecule has 0 aliphatic heterocycles. The predicted octanol–water partition coefficient (Wildman–Crippen LogP) is 2.41. The van der Waals surface area contributed by atoms with Crippen molar-refractivity contribution in [2.75, 3.05) is 10.6 Å². The zero-order valence-corrected chi connectivity index (χ0v) is 12.8. The van der Waals surface area contributed by atoms with Crippen LogP contribution in [0.15, 0.2) is 12.1 Å². The Morgan fingerprint density at radius 1 is 1.14 bits per heavy atom. The van der Waals surface area contributed by atoms with Crippen LogP contribution in [0, 0.1) is 17.6 Å². The lowest BCUT2D eigenvalue weighted by Crippen LogP contribution is -2.24. The maximum Gasteiger partial charge on any atom is 0.227 e. The van der Waals surface area contributed by atoms with Gasteiger partial charge < -0.3 is 16.4 Å². The van der Waals surface area contributed by atoms with Gasteiger partial charge in [0.1, 0.15) is 0 Å². The van der Waals surface area contributed by atoms with Crippen molar-refractivity contribution in [3.05, 3.63) is 23.8 Å². The van der Waals surface area contributed by atoms with Gasteiger partial charge >= 0.3 is 0 Å². The zero-order chi connectivity index (χ0) is 15.6. The minimum atomic E-state index is -1.10. The first kappa shape index (κ1) is 18.3.